The smallest absolute Gasteiger partial charge is 0.254 e. The Labute approximate surface area is 138 Å². The van der Waals surface area contributed by atoms with Gasteiger partial charge in [-0.15, -0.1) is 0 Å². The van der Waals surface area contributed by atoms with Gasteiger partial charge in [-0.25, -0.2) is 4.98 Å². The SMILES string of the molecule is [2H]C1(Nc2nc(NC(C)(C)C)ncc2C(N)=O)CCC(C)C(O)C1. The molecule has 5 N–H and O–H groups in total. The van der Waals surface area contributed by atoms with Crippen LogP contribution in [0.2, 0.25) is 0 Å². The molecule has 1 heterocycles. The Kier molecular flexibility index (Phi) is 4.66. The molecule has 1 aliphatic rings. The maximum absolute atomic E-state index is 11.7. The van der Waals surface area contributed by atoms with Crippen LogP contribution >= 0.6 is 0 Å². The average Bonchev–Trinajstić information content (AvgIpc) is 2.41. The molecule has 128 valence electrons. The predicted molar refractivity (Wildman–Crippen MR) is 90.4 cm³/mol. The topological polar surface area (TPSA) is 113 Å². The second kappa shape index (κ2) is 6.70. The van der Waals surface area contributed by atoms with Crippen LogP contribution in [0.1, 0.15) is 58.7 Å². The van der Waals surface area contributed by atoms with Gasteiger partial charge in [0.05, 0.1) is 13.0 Å². The Morgan fingerprint density at radius 1 is 1.48 bits per heavy atom. The number of rotatable bonds is 4. The Balaban J connectivity index is 2.29. The summed E-state index contributed by atoms with van der Waals surface area (Å²) >= 11 is 0. The molecule has 0 radical (unpaired) electrons. The van der Waals surface area contributed by atoms with Crippen LogP contribution in [0.25, 0.3) is 0 Å². The fraction of sp³-hybridized carbons (Fsp3) is 0.688. The van der Waals surface area contributed by atoms with Crippen LogP contribution in [0.3, 0.4) is 0 Å². The van der Waals surface area contributed by atoms with Crippen molar-refractivity contribution < 1.29 is 11.3 Å². The number of carbonyl (C=O) groups excluding carboxylic acids is 1. The van der Waals surface area contributed by atoms with Crippen molar-refractivity contribution in [2.45, 2.75) is 64.6 Å². The molecule has 1 amide bonds. The van der Waals surface area contributed by atoms with Gasteiger partial charge in [0, 0.05) is 17.8 Å². The molecule has 1 aliphatic carbocycles. The number of aliphatic hydroxyl groups excluding tert-OH is 1. The molecular formula is C16H27N5O2. The van der Waals surface area contributed by atoms with Crippen LogP contribution in [0.4, 0.5) is 11.8 Å². The van der Waals surface area contributed by atoms with Crippen molar-refractivity contribution in [3.63, 3.8) is 0 Å². The van der Waals surface area contributed by atoms with Crippen LogP contribution in [-0.2, 0) is 0 Å². The summed E-state index contributed by atoms with van der Waals surface area (Å²) in [6.07, 6.45) is 2.34. The van der Waals surface area contributed by atoms with E-state index in [1.54, 1.807) is 0 Å². The number of hydrogen-bond donors (Lipinski definition) is 4. The monoisotopic (exact) mass is 322 g/mol. The Hall–Kier alpha value is -1.89. The number of nitrogens with zero attached hydrogens (tertiary/aromatic N) is 2. The van der Waals surface area contributed by atoms with Crippen molar-refractivity contribution in [2.75, 3.05) is 10.6 Å². The fourth-order valence-corrected chi connectivity index (χ4v) is 2.48. The van der Waals surface area contributed by atoms with E-state index in [0.29, 0.717) is 12.4 Å². The third kappa shape index (κ3) is 4.79. The lowest BCUT2D eigenvalue weighted by atomic mass is 9.85. The van der Waals surface area contributed by atoms with Crippen LogP contribution in [0.15, 0.2) is 6.20 Å². The Morgan fingerprint density at radius 2 is 2.17 bits per heavy atom. The van der Waals surface area contributed by atoms with Gasteiger partial charge in [0.15, 0.2) is 0 Å². The van der Waals surface area contributed by atoms with E-state index < -0.39 is 18.0 Å². The summed E-state index contributed by atoms with van der Waals surface area (Å²) in [4.78, 5) is 20.1. The van der Waals surface area contributed by atoms with E-state index in [9.17, 15) is 9.90 Å². The summed E-state index contributed by atoms with van der Waals surface area (Å²) in [5.41, 5.74) is 5.28. The second-order valence-corrected chi connectivity index (χ2v) is 7.21. The molecule has 7 nitrogen and oxygen atoms in total. The van der Waals surface area contributed by atoms with E-state index in [4.69, 9.17) is 7.10 Å². The molecule has 0 saturated heterocycles. The van der Waals surface area contributed by atoms with Crippen molar-refractivity contribution >= 4 is 17.7 Å². The van der Waals surface area contributed by atoms with E-state index >= 15 is 0 Å². The number of primary amides is 1. The number of amides is 1. The van der Waals surface area contributed by atoms with Gasteiger partial charge in [0.25, 0.3) is 5.91 Å². The fourth-order valence-electron chi connectivity index (χ4n) is 2.48. The van der Waals surface area contributed by atoms with Gasteiger partial charge in [-0.05, 0) is 46.0 Å². The molecule has 23 heavy (non-hydrogen) atoms. The van der Waals surface area contributed by atoms with Crippen LogP contribution < -0.4 is 16.4 Å². The highest BCUT2D eigenvalue weighted by Gasteiger charge is 2.27. The maximum atomic E-state index is 11.7. The van der Waals surface area contributed by atoms with Crippen molar-refractivity contribution in [1.82, 2.24) is 9.97 Å². The molecule has 7 heteroatoms. The first-order valence-corrected chi connectivity index (χ1v) is 7.90. The molecule has 0 spiro atoms. The van der Waals surface area contributed by atoms with E-state index in [0.717, 1.165) is 6.42 Å². The largest absolute Gasteiger partial charge is 0.393 e. The molecule has 3 unspecified atom stereocenters. The number of nitrogens with two attached hydrogens (primary N) is 1. The van der Waals surface area contributed by atoms with Gasteiger partial charge in [0.1, 0.15) is 5.82 Å². The van der Waals surface area contributed by atoms with Crippen molar-refractivity contribution in [3.8, 4) is 0 Å². The molecule has 2 rings (SSSR count). The molecule has 1 fully saturated rings. The van der Waals surface area contributed by atoms with Crippen LogP contribution in [0, 0.1) is 5.92 Å². The van der Waals surface area contributed by atoms with Gasteiger partial charge >= 0.3 is 0 Å². The minimum atomic E-state index is -1.09. The summed E-state index contributed by atoms with van der Waals surface area (Å²) in [6, 6.07) is -1.09. The lowest BCUT2D eigenvalue weighted by Gasteiger charge is -2.32. The normalized spacial score (nSPS) is 28.8. The van der Waals surface area contributed by atoms with E-state index in [1.807, 2.05) is 27.7 Å². The number of aliphatic hydroxyl groups is 1. The Morgan fingerprint density at radius 3 is 2.74 bits per heavy atom. The zero-order chi connectivity index (χ0) is 18.1. The van der Waals surface area contributed by atoms with Gasteiger partial charge < -0.3 is 21.5 Å². The summed E-state index contributed by atoms with van der Waals surface area (Å²) in [5.74, 6) is 0.0712. The minimum Gasteiger partial charge on any atom is -0.393 e. The molecule has 1 aromatic heterocycles. The first kappa shape index (κ1) is 16.0. The molecule has 3 atom stereocenters. The maximum Gasteiger partial charge on any atom is 0.254 e. The quantitative estimate of drug-likeness (QED) is 0.671. The zero-order valence-electron chi connectivity index (χ0n) is 15.2. The highest BCUT2D eigenvalue weighted by molar-refractivity contribution is 5.97. The summed E-state index contributed by atoms with van der Waals surface area (Å²) < 4.78 is 8.56. The molecule has 1 aromatic rings. The van der Waals surface area contributed by atoms with Crippen molar-refractivity contribution in [2.24, 2.45) is 11.7 Å². The third-order valence-corrected chi connectivity index (χ3v) is 3.85. The average molecular weight is 322 g/mol. The number of anilines is 2. The highest BCUT2D eigenvalue weighted by Crippen LogP contribution is 2.27. The first-order chi connectivity index (χ1) is 11.0. The van der Waals surface area contributed by atoms with Gasteiger partial charge in [-0.3, -0.25) is 4.79 Å². The molecule has 1 saturated carbocycles. The number of hydrogen-bond acceptors (Lipinski definition) is 6. The predicted octanol–water partition coefficient (Wildman–Crippen LogP) is 1.75. The molecule has 0 aromatic carbocycles. The highest BCUT2D eigenvalue weighted by atomic mass is 16.3. The molecular weight excluding hydrogens is 294 g/mol. The van der Waals surface area contributed by atoms with Gasteiger partial charge in [-0.2, -0.15) is 4.98 Å². The number of nitrogens with one attached hydrogen (secondary N) is 2. The van der Waals surface area contributed by atoms with E-state index in [2.05, 4.69) is 20.6 Å². The van der Waals surface area contributed by atoms with Crippen molar-refractivity contribution in [3.05, 3.63) is 11.8 Å². The zero-order valence-corrected chi connectivity index (χ0v) is 14.2. The summed E-state index contributed by atoms with van der Waals surface area (Å²) in [7, 11) is 0. The van der Waals surface area contributed by atoms with Crippen LogP contribution in [0.5, 0.6) is 0 Å². The lowest BCUT2D eigenvalue weighted by Crippen LogP contribution is -2.36. The standard InChI is InChI=1S/C16H27N5O2/c1-9-5-6-10(7-12(9)22)19-14-11(13(17)23)8-18-15(20-14)21-16(2,3)4/h8-10,12,22H,5-7H2,1-4H3,(H2,17,23)(H2,18,19,20,21)/i10D. The summed E-state index contributed by atoms with van der Waals surface area (Å²) in [6.45, 7) is 7.87. The Bertz CT molecular complexity index is 619. The summed E-state index contributed by atoms with van der Waals surface area (Å²) in [5, 5.41) is 16.2. The lowest BCUT2D eigenvalue weighted by molar-refractivity contribution is 0.0739. The first-order valence-electron chi connectivity index (χ1n) is 8.40. The van der Waals surface area contributed by atoms with Gasteiger partial charge in [-0.1, -0.05) is 6.92 Å². The van der Waals surface area contributed by atoms with E-state index in [1.165, 1.54) is 6.20 Å². The number of aromatic nitrogens is 2. The minimum absolute atomic E-state index is 0.134. The third-order valence-electron chi connectivity index (χ3n) is 3.85. The molecule has 0 bridgehead atoms. The van der Waals surface area contributed by atoms with Gasteiger partial charge in [0.2, 0.25) is 5.95 Å². The second-order valence-electron chi connectivity index (χ2n) is 7.21. The van der Waals surface area contributed by atoms with E-state index in [-0.39, 0.29) is 29.3 Å². The van der Waals surface area contributed by atoms with Crippen molar-refractivity contribution in [1.29, 1.82) is 0 Å². The molecule has 0 aliphatic heterocycles. The number of carbonyl (C=O) groups is 1. The van der Waals surface area contributed by atoms with Crippen LogP contribution in [-0.4, -0.2) is 38.6 Å².